The van der Waals surface area contributed by atoms with Gasteiger partial charge in [0.15, 0.2) is 5.78 Å². The van der Waals surface area contributed by atoms with Crippen LogP contribution in [-0.4, -0.2) is 10.8 Å². The second-order valence-corrected chi connectivity index (χ2v) is 6.83. The summed E-state index contributed by atoms with van der Waals surface area (Å²) in [6.45, 7) is 6.07. The minimum absolute atomic E-state index is 0. The van der Waals surface area contributed by atoms with Gasteiger partial charge in [0, 0.05) is 31.9 Å². The molecule has 0 amide bonds. The van der Waals surface area contributed by atoms with Gasteiger partial charge in [-0.15, -0.1) is 29.3 Å². The fourth-order valence-electron chi connectivity index (χ4n) is 3.55. The zero-order valence-corrected chi connectivity index (χ0v) is 17.8. The number of carbonyl (C=O) groups excluding carboxylic acids is 1. The molecule has 1 heterocycles. The van der Waals surface area contributed by atoms with Crippen molar-refractivity contribution in [1.29, 1.82) is 0 Å². The van der Waals surface area contributed by atoms with Crippen LogP contribution >= 0.6 is 0 Å². The Morgan fingerprint density at radius 2 is 1.77 bits per heavy atom. The molecule has 0 unspecified atom stereocenters. The maximum absolute atomic E-state index is 11.4. The molecule has 0 fully saturated rings. The Kier molecular flexibility index (Phi) is 5.65. The summed E-state index contributed by atoms with van der Waals surface area (Å²) in [5.74, 6) is 0.0311. The molecule has 26 heavy (non-hydrogen) atoms. The summed E-state index contributed by atoms with van der Waals surface area (Å²) in [5, 5.41) is 0. The Morgan fingerprint density at radius 1 is 1.04 bits per heavy atom. The van der Waals surface area contributed by atoms with Gasteiger partial charge in [0.05, 0.1) is 0 Å². The van der Waals surface area contributed by atoms with E-state index in [0.29, 0.717) is 5.56 Å². The van der Waals surface area contributed by atoms with Crippen molar-refractivity contribution in [2.24, 2.45) is 0 Å². The minimum atomic E-state index is -0.0326. The average molecular weight is 520 g/mol. The first-order valence-electron chi connectivity index (χ1n) is 8.12. The minimum Gasteiger partial charge on any atom is -0.358 e. The van der Waals surface area contributed by atoms with E-state index in [0.717, 1.165) is 11.3 Å². The molecule has 0 saturated carbocycles. The van der Waals surface area contributed by atoms with Gasteiger partial charge in [0.2, 0.25) is 0 Å². The molecule has 135 valence electrons. The first-order valence-corrected chi connectivity index (χ1v) is 8.12. The maximum Gasteiger partial charge on any atom is 0.161 e. The monoisotopic (exact) mass is 520 g/mol. The van der Waals surface area contributed by atoms with E-state index >= 15 is 0 Å². The zero-order valence-electron chi connectivity index (χ0n) is 15.4. The van der Waals surface area contributed by atoms with Crippen molar-refractivity contribution in [1.82, 2.24) is 4.98 Å². The Hall–Kier alpha value is -2.09. The second-order valence-electron chi connectivity index (χ2n) is 6.83. The summed E-state index contributed by atoms with van der Waals surface area (Å²) < 4.78 is 0. The van der Waals surface area contributed by atoms with Gasteiger partial charge in [-0.05, 0) is 23.6 Å². The van der Waals surface area contributed by atoms with Crippen LogP contribution in [0.2, 0.25) is 0 Å². The summed E-state index contributed by atoms with van der Waals surface area (Å²) in [6, 6.07) is 19.9. The van der Waals surface area contributed by atoms with Crippen molar-refractivity contribution in [2.45, 2.75) is 26.2 Å². The largest absolute Gasteiger partial charge is 0.358 e. The Bertz CT molecular complexity index is 958. The molecule has 0 bridgehead atoms. The van der Waals surface area contributed by atoms with Gasteiger partial charge in [0.25, 0.3) is 0 Å². The van der Waals surface area contributed by atoms with Crippen LogP contribution in [0, 0.1) is 13.5 Å². The van der Waals surface area contributed by atoms with Gasteiger partial charge < -0.3 is 12.4 Å². The van der Waals surface area contributed by atoms with Crippen molar-refractivity contribution in [3.63, 3.8) is 0 Å². The predicted molar refractivity (Wildman–Crippen MR) is 102 cm³/mol. The number of hydrogen-bond acceptors (Lipinski definition) is 2. The number of rotatable bonds is 2. The third-order valence-corrected chi connectivity index (χ3v) is 4.96. The number of fused-ring (bicyclic) bond motifs is 3. The molecule has 0 atom stereocenters. The molecule has 3 heteroatoms. The molecule has 1 aliphatic carbocycles. The molecule has 0 N–H and O–H groups in total. The van der Waals surface area contributed by atoms with Gasteiger partial charge in [-0.3, -0.25) is 4.79 Å². The van der Waals surface area contributed by atoms with Gasteiger partial charge in [0.1, 0.15) is 0 Å². The van der Waals surface area contributed by atoms with Gasteiger partial charge in [-0.2, -0.15) is 0 Å². The smallest absolute Gasteiger partial charge is 0.161 e. The molecular weight excluding hydrogens is 498 g/mol. The number of hydrogen-bond donors (Lipinski definition) is 0. The number of benzene rings is 2. The Balaban J connectivity index is 0.00000121. The van der Waals surface area contributed by atoms with Crippen molar-refractivity contribution < 1.29 is 24.9 Å². The first kappa shape index (κ1) is 20.2. The third kappa shape index (κ3) is 3.06. The molecule has 1 aliphatic rings. The van der Waals surface area contributed by atoms with E-state index in [1.807, 2.05) is 12.1 Å². The fraction of sp³-hybridized carbons (Fsp3) is 0.174. The molecule has 0 aliphatic heterocycles. The van der Waals surface area contributed by atoms with Gasteiger partial charge >= 0.3 is 0 Å². The first-order chi connectivity index (χ1) is 11.5. The van der Waals surface area contributed by atoms with E-state index < -0.39 is 0 Å². The molecule has 4 rings (SSSR count). The van der Waals surface area contributed by atoms with Crippen LogP contribution in [0.4, 0.5) is 0 Å². The Labute approximate surface area is 169 Å². The standard InChI is InChI=1S/C22H18NO.CH3.Ir/c1-14(24)16-9-11-21(23-13-16)15-8-10-18-17-6-4-5-7-19(17)22(2,3)20(18)12-15;;/h4-7,9-13H,1-3H3;1H3;/q2*-1;. The molecule has 0 spiro atoms. The van der Waals surface area contributed by atoms with E-state index in [2.05, 4.69) is 61.3 Å². The molecule has 1 radical (unpaired) electrons. The van der Waals surface area contributed by atoms with Crippen molar-refractivity contribution in [3.8, 4) is 22.4 Å². The van der Waals surface area contributed by atoms with Crippen LogP contribution in [-0.2, 0) is 25.5 Å². The predicted octanol–water partition coefficient (Wildman–Crippen LogP) is 5.51. The number of ketones is 1. The van der Waals surface area contributed by atoms with Gasteiger partial charge in [-0.25, -0.2) is 0 Å². The summed E-state index contributed by atoms with van der Waals surface area (Å²) in [6.07, 6.45) is 1.64. The van der Waals surface area contributed by atoms with E-state index in [-0.39, 0.29) is 38.7 Å². The van der Waals surface area contributed by atoms with Crippen LogP contribution in [0.15, 0.2) is 54.7 Å². The fourth-order valence-corrected chi connectivity index (χ4v) is 3.55. The van der Waals surface area contributed by atoms with Crippen molar-refractivity contribution >= 4 is 5.78 Å². The van der Waals surface area contributed by atoms with Crippen LogP contribution in [0.25, 0.3) is 22.4 Å². The molecular formula is C23H21IrNO-2. The van der Waals surface area contributed by atoms with E-state index in [1.165, 1.54) is 22.3 Å². The molecule has 2 aromatic carbocycles. The molecule has 3 aromatic rings. The van der Waals surface area contributed by atoms with Crippen LogP contribution < -0.4 is 0 Å². The SMILES string of the molecule is CC(=O)c1ccc(-c2[c-]cc3c(c2)C(C)(C)c2ccccc2-3)nc1.[CH3-].[Ir]. The van der Waals surface area contributed by atoms with Gasteiger partial charge in [-0.1, -0.05) is 61.4 Å². The van der Waals surface area contributed by atoms with Crippen molar-refractivity contribution in [3.05, 3.63) is 84.9 Å². The van der Waals surface area contributed by atoms with E-state index in [4.69, 9.17) is 0 Å². The summed E-state index contributed by atoms with van der Waals surface area (Å²) in [5.41, 5.74) is 7.60. The van der Waals surface area contributed by atoms with Crippen LogP contribution in [0.5, 0.6) is 0 Å². The summed E-state index contributed by atoms with van der Waals surface area (Å²) in [4.78, 5) is 15.9. The summed E-state index contributed by atoms with van der Waals surface area (Å²) in [7, 11) is 0. The quantitative estimate of drug-likeness (QED) is 0.330. The van der Waals surface area contributed by atoms with E-state index in [1.54, 1.807) is 13.1 Å². The third-order valence-electron chi connectivity index (χ3n) is 4.96. The van der Waals surface area contributed by atoms with Crippen LogP contribution in [0.3, 0.4) is 0 Å². The summed E-state index contributed by atoms with van der Waals surface area (Å²) >= 11 is 0. The Morgan fingerprint density at radius 3 is 2.42 bits per heavy atom. The number of aromatic nitrogens is 1. The maximum atomic E-state index is 11.4. The number of nitrogens with zero attached hydrogens (tertiary/aromatic N) is 1. The van der Waals surface area contributed by atoms with E-state index in [9.17, 15) is 4.79 Å². The zero-order chi connectivity index (χ0) is 16.9. The number of carbonyl (C=O) groups is 1. The average Bonchev–Trinajstić information content (AvgIpc) is 2.83. The van der Waals surface area contributed by atoms with Crippen LogP contribution in [0.1, 0.15) is 42.3 Å². The molecule has 2 nitrogen and oxygen atoms in total. The number of pyridine rings is 1. The second kappa shape index (κ2) is 7.26. The van der Waals surface area contributed by atoms with Crippen molar-refractivity contribution in [2.75, 3.05) is 0 Å². The molecule has 1 aromatic heterocycles. The number of Topliss-reactive ketones (excluding diaryl/α,β-unsaturated/α-hetero) is 1. The topological polar surface area (TPSA) is 30.0 Å². The normalized spacial score (nSPS) is 13.0. The molecule has 0 saturated heterocycles.